The smallest absolute Gasteiger partial charge is 0.114 e. The molecule has 3 nitrogen and oxygen atoms in total. The number of nitrogens with zero attached hydrogens (tertiary/aromatic N) is 2. The number of hydrogen-bond donors (Lipinski definition) is 1. The van der Waals surface area contributed by atoms with Crippen LogP contribution < -0.4 is 5.73 Å². The molecule has 22 heavy (non-hydrogen) atoms. The minimum absolute atomic E-state index is 0.241. The summed E-state index contributed by atoms with van der Waals surface area (Å²) in [4.78, 5) is 4.80. The molecule has 0 amide bonds. The van der Waals surface area contributed by atoms with Crippen molar-refractivity contribution in [3.63, 3.8) is 0 Å². The molecule has 3 heteroatoms. The Balaban J connectivity index is 1.90. The number of benzene rings is 2. The molecular weight excluding hydrogens is 270 g/mol. The lowest BCUT2D eigenvalue weighted by molar-refractivity contribution is 0.622. The number of para-hydroxylation sites is 2. The van der Waals surface area contributed by atoms with Crippen molar-refractivity contribution in [1.82, 2.24) is 9.55 Å². The van der Waals surface area contributed by atoms with E-state index >= 15 is 0 Å². The van der Waals surface area contributed by atoms with Gasteiger partial charge in [-0.1, -0.05) is 43.3 Å². The Hall–Kier alpha value is -2.13. The molecule has 2 N–H and O–H groups in total. The van der Waals surface area contributed by atoms with E-state index in [1.807, 2.05) is 6.07 Å². The van der Waals surface area contributed by atoms with E-state index in [0.29, 0.717) is 6.54 Å². The summed E-state index contributed by atoms with van der Waals surface area (Å²) in [5.41, 5.74) is 10.9. The number of nitrogens with two attached hydrogens (primary N) is 1. The summed E-state index contributed by atoms with van der Waals surface area (Å²) >= 11 is 0. The van der Waals surface area contributed by atoms with Crippen LogP contribution in [0, 0.1) is 0 Å². The van der Waals surface area contributed by atoms with Crippen LogP contribution in [0.3, 0.4) is 0 Å². The Kier molecular flexibility index (Phi) is 4.25. The number of fused-ring (bicyclic) bond motifs is 1. The van der Waals surface area contributed by atoms with Crippen molar-refractivity contribution in [3.8, 4) is 0 Å². The molecule has 0 aliphatic heterocycles. The molecule has 0 saturated heterocycles. The van der Waals surface area contributed by atoms with E-state index in [9.17, 15) is 0 Å². The summed E-state index contributed by atoms with van der Waals surface area (Å²) < 4.78 is 2.17. The normalized spacial score (nSPS) is 12.7. The SMILES string of the molecule is CCc1ccc(CC(CN)c2nc3ccccc3n2C)cc1. The monoisotopic (exact) mass is 293 g/mol. The third-order valence-corrected chi connectivity index (χ3v) is 4.38. The van der Waals surface area contributed by atoms with Gasteiger partial charge in [0.1, 0.15) is 5.82 Å². The van der Waals surface area contributed by atoms with Crippen molar-refractivity contribution in [2.45, 2.75) is 25.7 Å². The van der Waals surface area contributed by atoms with Gasteiger partial charge in [-0.15, -0.1) is 0 Å². The zero-order valence-electron chi connectivity index (χ0n) is 13.3. The second-order valence-electron chi connectivity index (χ2n) is 5.82. The summed E-state index contributed by atoms with van der Waals surface area (Å²) in [7, 11) is 2.08. The van der Waals surface area contributed by atoms with E-state index in [2.05, 4.69) is 61.0 Å². The Morgan fingerprint density at radius 3 is 2.36 bits per heavy atom. The van der Waals surface area contributed by atoms with Crippen LogP contribution in [-0.2, 0) is 19.9 Å². The lowest BCUT2D eigenvalue weighted by atomic mass is 9.97. The molecule has 1 atom stereocenters. The minimum Gasteiger partial charge on any atom is -0.331 e. The first kappa shape index (κ1) is 14.8. The first-order valence-electron chi connectivity index (χ1n) is 7.92. The molecule has 3 aromatic rings. The molecule has 0 radical (unpaired) electrons. The van der Waals surface area contributed by atoms with E-state index < -0.39 is 0 Å². The van der Waals surface area contributed by atoms with Crippen LogP contribution >= 0.6 is 0 Å². The second-order valence-corrected chi connectivity index (χ2v) is 5.82. The van der Waals surface area contributed by atoms with Crippen molar-refractivity contribution in [1.29, 1.82) is 0 Å². The predicted molar refractivity (Wildman–Crippen MR) is 92.0 cm³/mol. The van der Waals surface area contributed by atoms with Crippen LogP contribution in [0.15, 0.2) is 48.5 Å². The molecule has 1 aromatic heterocycles. The number of hydrogen-bond acceptors (Lipinski definition) is 2. The van der Waals surface area contributed by atoms with Crippen molar-refractivity contribution in [2.75, 3.05) is 6.54 Å². The molecule has 1 unspecified atom stereocenters. The molecule has 0 saturated carbocycles. The van der Waals surface area contributed by atoms with Gasteiger partial charge in [-0.3, -0.25) is 0 Å². The minimum atomic E-state index is 0.241. The quantitative estimate of drug-likeness (QED) is 0.783. The number of imidazole rings is 1. The van der Waals surface area contributed by atoms with Crippen LogP contribution in [0.1, 0.15) is 29.8 Å². The first-order chi connectivity index (χ1) is 10.7. The van der Waals surface area contributed by atoms with Gasteiger partial charge in [-0.05, 0) is 36.1 Å². The molecule has 0 aliphatic rings. The lowest BCUT2D eigenvalue weighted by Crippen LogP contribution is -2.18. The fourth-order valence-corrected chi connectivity index (χ4v) is 3.00. The average molecular weight is 293 g/mol. The van der Waals surface area contributed by atoms with E-state index in [4.69, 9.17) is 10.7 Å². The summed E-state index contributed by atoms with van der Waals surface area (Å²) in [5, 5.41) is 0. The highest BCUT2D eigenvalue weighted by Crippen LogP contribution is 2.23. The Labute approximate surface area is 131 Å². The highest BCUT2D eigenvalue weighted by molar-refractivity contribution is 5.75. The van der Waals surface area contributed by atoms with Gasteiger partial charge in [-0.2, -0.15) is 0 Å². The number of aromatic nitrogens is 2. The summed E-state index contributed by atoms with van der Waals surface area (Å²) in [6.07, 6.45) is 2.00. The van der Waals surface area contributed by atoms with Gasteiger partial charge >= 0.3 is 0 Å². The standard InChI is InChI=1S/C19H23N3/c1-3-14-8-10-15(11-9-14)12-16(13-20)19-21-17-6-4-5-7-18(17)22(19)2/h4-11,16H,3,12-13,20H2,1-2H3. The fourth-order valence-electron chi connectivity index (χ4n) is 3.00. The Morgan fingerprint density at radius 2 is 1.73 bits per heavy atom. The third-order valence-electron chi connectivity index (χ3n) is 4.38. The van der Waals surface area contributed by atoms with Gasteiger partial charge in [0.25, 0.3) is 0 Å². The van der Waals surface area contributed by atoms with E-state index in [-0.39, 0.29) is 5.92 Å². The van der Waals surface area contributed by atoms with Crippen LogP contribution in [0.4, 0.5) is 0 Å². The number of aryl methyl sites for hydroxylation is 2. The highest BCUT2D eigenvalue weighted by atomic mass is 15.1. The topological polar surface area (TPSA) is 43.8 Å². The van der Waals surface area contributed by atoms with Crippen LogP contribution in [0.2, 0.25) is 0 Å². The van der Waals surface area contributed by atoms with Gasteiger partial charge in [0.05, 0.1) is 11.0 Å². The zero-order valence-corrected chi connectivity index (χ0v) is 13.3. The van der Waals surface area contributed by atoms with Crippen molar-refractivity contribution in [2.24, 2.45) is 12.8 Å². The highest BCUT2D eigenvalue weighted by Gasteiger charge is 2.17. The third kappa shape index (κ3) is 2.77. The van der Waals surface area contributed by atoms with Crippen molar-refractivity contribution >= 4 is 11.0 Å². The summed E-state index contributed by atoms with van der Waals surface area (Å²) in [5.74, 6) is 1.31. The van der Waals surface area contributed by atoms with E-state index in [1.54, 1.807) is 0 Å². The molecule has 2 aromatic carbocycles. The fraction of sp³-hybridized carbons (Fsp3) is 0.316. The summed E-state index contributed by atoms with van der Waals surface area (Å²) in [6.45, 7) is 2.78. The largest absolute Gasteiger partial charge is 0.331 e. The first-order valence-corrected chi connectivity index (χ1v) is 7.92. The van der Waals surface area contributed by atoms with Crippen LogP contribution in [-0.4, -0.2) is 16.1 Å². The lowest BCUT2D eigenvalue weighted by Gasteiger charge is -2.15. The molecule has 0 fully saturated rings. The van der Waals surface area contributed by atoms with Gasteiger partial charge in [0.15, 0.2) is 0 Å². The van der Waals surface area contributed by atoms with Crippen LogP contribution in [0.5, 0.6) is 0 Å². The summed E-state index contributed by atoms with van der Waals surface area (Å²) in [6, 6.07) is 17.1. The Bertz CT molecular complexity index is 756. The second kappa shape index (κ2) is 6.32. The average Bonchev–Trinajstić information content (AvgIpc) is 2.90. The van der Waals surface area contributed by atoms with Gasteiger partial charge < -0.3 is 10.3 Å². The molecule has 0 bridgehead atoms. The molecule has 0 spiro atoms. The molecule has 114 valence electrons. The molecule has 1 heterocycles. The Morgan fingerprint density at radius 1 is 1.05 bits per heavy atom. The van der Waals surface area contributed by atoms with Gasteiger partial charge in [-0.25, -0.2) is 4.98 Å². The molecule has 3 rings (SSSR count). The van der Waals surface area contributed by atoms with E-state index in [0.717, 1.165) is 29.7 Å². The predicted octanol–water partition coefficient (Wildman–Crippen LogP) is 3.42. The van der Waals surface area contributed by atoms with Crippen LogP contribution in [0.25, 0.3) is 11.0 Å². The van der Waals surface area contributed by atoms with E-state index in [1.165, 1.54) is 11.1 Å². The van der Waals surface area contributed by atoms with Gasteiger partial charge in [0.2, 0.25) is 0 Å². The molecule has 0 aliphatic carbocycles. The maximum absolute atomic E-state index is 6.05. The zero-order chi connectivity index (χ0) is 15.5. The van der Waals surface area contributed by atoms with Crippen molar-refractivity contribution < 1.29 is 0 Å². The molecular formula is C19H23N3. The maximum Gasteiger partial charge on any atom is 0.114 e. The van der Waals surface area contributed by atoms with Crippen molar-refractivity contribution in [3.05, 3.63) is 65.5 Å². The van der Waals surface area contributed by atoms with Gasteiger partial charge in [0, 0.05) is 19.5 Å². The maximum atomic E-state index is 6.05. The number of rotatable bonds is 5.